The first-order chi connectivity index (χ1) is 9.56. The van der Waals surface area contributed by atoms with E-state index >= 15 is 0 Å². The van der Waals surface area contributed by atoms with Crippen molar-refractivity contribution in [1.29, 1.82) is 0 Å². The molecule has 0 aliphatic heterocycles. The third kappa shape index (κ3) is 2.01. The second kappa shape index (κ2) is 4.61. The van der Waals surface area contributed by atoms with Crippen LogP contribution in [0.15, 0.2) is 33.2 Å². The number of hydrogen-bond acceptors (Lipinski definition) is 5. The molecule has 3 aromatic rings. The number of aromatic nitrogens is 2. The van der Waals surface area contributed by atoms with Gasteiger partial charge in [0, 0.05) is 0 Å². The summed E-state index contributed by atoms with van der Waals surface area (Å²) < 4.78 is 7.14. The normalized spacial score (nSPS) is 11.1. The lowest BCUT2D eigenvalue weighted by molar-refractivity contribution is 0.0696. The van der Waals surface area contributed by atoms with Crippen molar-refractivity contribution in [2.24, 2.45) is 0 Å². The highest BCUT2D eigenvalue weighted by molar-refractivity contribution is 7.17. The Morgan fingerprint density at radius 2 is 2.35 bits per heavy atom. The lowest BCUT2D eigenvalue weighted by atomic mass is 10.3. The van der Waals surface area contributed by atoms with Gasteiger partial charge in [-0.25, -0.2) is 9.78 Å². The van der Waals surface area contributed by atoms with Crippen molar-refractivity contribution in [2.75, 3.05) is 0 Å². The van der Waals surface area contributed by atoms with Crippen molar-refractivity contribution in [1.82, 2.24) is 9.55 Å². The predicted octanol–water partition coefficient (Wildman–Crippen LogP) is 2.11. The van der Waals surface area contributed by atoms with Crippen molar-refractivity contribution in [3.05, 3.63) is 51.3 Å². The van der Waals surface area contributed by atoms with Crippen molar-refractivity contribution >= 4 is 27.5 Å². The van der Waals surface area contributed by atoms with E-state index in [0.29, 0.717) is 16.0 Å². The number of hydrogen-bond donors (Lipinski definition) is 1. The van der Waals surface area contributed by atoms with Crippen molar-refractivity contribution in [2.45, 2.75) is 13.5 Å². The molecule has 1 N–H and O–H groups in total. The van der Waals surface area contributed by atoms with Gasteiger partial charge in [-0.05, 0) is 23.9 Å². The summed E-state index contributed by atoms with van der Waals surface area (Å²) in [5, 5.41) is 10.7. The zero-order valence-electron chi connectivity index (χ0n) is 10.5. The Balaban J connectivity index is 2.00. The smallest absolute Gasteiger partial charge is 0.338 e. The third-order valence-corrected chi connectivity index (χ3v) is 4.03. The number of rotatable bonds is 3. The van der Waals surface area contributed by atoms with Gasteiger partial charge in [0.25, 0.3) is 5.56 Å². The minimum atomic E-state index is -1.06. The standard InChI is InChI=1S/C13H10N2O4S/c1-7-5-20-11-10(7)14-6-15(12(11)16)3-9-2-8(4-19-9)13(17)18/h2,4-6H,3H2,1H3,(H,17,18). The quantitative estimate of drug-likeness (QED) is 0.798. The lowest BCUT2D eigenvalue weighted by Gasteiger charge is -2.02. The number of carboxylic acid groups (broad SMARTS) is 1. The van der Waals surface area contributed by atoms with Gasteiger partial charge in [-0.15, -0.1) is 11.3 Å². The fourth-order valence-electron chi connectivity index (χ4n) is 1.92. The molecule has 20 heavy (non-hydrogen) atoms. The molecule has 0 saturated carbocycles. The summed E-state index contributed by atoms with van der Waals surface area (Å²) in [7, 11) is 0. The fourth-order valence-corrected chi connectivity index (χ4v) is 2.87. The molecule has 0 saturated heterocycles. The molecule has 3 heterocycles. The van der Waals surface area contributed by atoms with Crippen LogP contribution in [0.2, 0.25) is 0 Å². The molecule has 0 fully saturated rings. The van der Waals surface area contributed by atoms with Crippen LogP contribution in [0.1, 0.15) is 21.7 Å². The van der Waals surface area contributed by atoms with E-state index in [1.807, 2.05) is 12.3 Å². The van der Waals surface area contributed by atoms with Crippen LogP contribution >= 0.6 is 11.3 Å². The van der Waals surface area contributed by atoms with E-state index in [2.05, 4.69) is 4.98 Å². The Labute approximate surface area is 116 Å². The topological polar surface area (TPSA) is 85.3 Å². The number of thiophene rings is 1. The highest BCUT2D eigenvalue weighted by atomic mass is 32.1. The molecule has 0 bridgehead atoms. The summed E-state index contributed by atoms with van der Waals surface area (Å²) in [5.74, 6) is -0.659. The zero-order chi connectivity index (χ0) is 14.3. The second-order valence-corrected chi connectivity index (χ2v) is 5.26. The third-order valence-electron chi connectivity index (χ3n) is 2.95. The predicted molar refractivity (Wildman–Crippen MR) is 73.4 cm³/mol. The molecule has 0 unspecified atom stereocenters. The summed E-state index contributed by atoms with van der Waals surface area (Å²) in [5.41, 5.74) is 1.60. The number of furan rings is 1. The lowest BCUT2D eigenvalue weighted by Crippen LogP contribution is -2.20. The molecular weight excluding hydrogens is 280 g/mol. The molecular formula is C13H10N2O4S. The highest BCUT2D eigenvalue weighted by Gasteiger charge is 2.12. The molecule has 0 aromatic carbocycles. The first kappa shape index (κ1) is 12.6. The SMILES string of the molecule is Cc1csc2c(=O)n(Cc3cc(C(=O)O)co3)cnc12. The molecule has 7 heteroatoms. The van der Waals surface area contributed by atoms with E-state index in [0.717, 1.165) is 11.8 Å². The van der Waals surface area contributed by atoms with Crippen LogP contribution < -0.4 is 5.56 Å². The molecule has 3 rings (SSSR count). The number of fused-ring (bicyclic) bond motifs is 1. The Morgan fingerprint density at radius 3 is 3.05 bits per heavy atom. The number of aryl methyl sites for hydroxylation is 1. The second-order valence-electron chi connectivity index (χ2n) is 4.38. The first-order valence-corrected chi connectivity index (χ1v) is 6.68. The molecule has 102 valence electrons. The van der Waals surface area contributed by atoms with Crippen LogP contribution in [0, 0.1) is 6.92 Å². The van der Waals surface area contributed by atoms with Gasteiger partial charge < -0.3 is 9.52 Å². The van der Waals surface area contributed by atoms with Gasteiger partial charge in [-0.1, -0.05) is 0 Å². The summed E-state index contributed by atoms with van der Waals surface area (Å²) in [4.78, 5) is 27.3. The number of aromatic carboxylic acids is 1. The van der Waals surface area contributed by atoms with Crippen LogP contribution in [0.5, 0.6) is 0 Å². The van der Waals surface area contributed by atoms with E-state index in [9.17, 15) is 9.59 Å². The van der Waals surface area contributed by atoms with E-state index in [4.69, 9.17) is 9.52 Å². The molecule has 3 aromatic heterocycles. The van der Waals surface area contributed by atoms with E-state index in [-0.39, 0.29) is 17.7 Å². The largest absolute Gasteiger partial charge is 0.478 e. The maximum Gasteiger partial charge on any atom is 0.338 e. The zero-order valence-corrected chi connectivity index (χ0v) is 11.3. The van der Waals surface area contributed by atoms with Gasteiger partial charge >= 0.3 is 5.97 Å². The number of carbonyl (C=O) groups is 1. The van der Waals surface area contributed by atoms with Crippen LogP contribution in [0.25, 0.3) is 10.2 Å². The fraction of sp³-hybridized carbons (Fsp3) is 0.154. The van der Waals surface area contributed by atoms with Crippen molar-refractivity contribution in [3.63, 3.8) is 0 Å². The average molecular weight is 290 g/mol. The van der Waals surface area contributed by atoms with Gasteiger partial charge in [0.15, 0.2) is 0 Å². The maximum atomic E-state index is 12.3. The minimum absolute atomic E-state index is 0.0639. The summed E-state index contributed by atoms with van der Waals surface area (Å²) >= 11 is 1.35. The molecule has 6 nitrogen and oxygen atoms in total. The Morgan fingerprint density at radius 1 is 1.55 bits per heavy atom. The van der Waals surface area contributed by atoms with Gasteiger partial charge in [-0.2, -0.15) is 0 Å². The van der Waals surface area contributed by atoms with Crippen LogP contribution in [0.3, 0.4) is 0 Å². The summed E-state index contributed by atoms with van der Waals surface area (Å²) in [6.07, 6.45) is 2.61. The number of carboxylic acids is 1. The maximum absolute atomic E-state index is 12.3. The molecule has 0 aliphatic rings. The minimum Gasteiger partial charge on any atom is -0.478 e. The van der Waals surface area contributed by atoms with Gasteiger partial charge in [0.05, 0.1) is 24.0 Å². The van der Waals surface area contributed by atoms with Crippen molar-refractivity contribution in [3.8, 4) is 0 Å². The summed E-state index contributed by atoms with van der Waals surface area (Å²) in [6.45, 7) is 2.06. The average Bonchev–Trinajstić information content (AvgIpc) is 3.01. The molecule has 0 atom stereocenters. The van der Waals surface area contributed by atoms with Gasteiger partial charge in [0.2, 0.25) is 0 Å². The molecule has 0 spiro atoms. The number of nitrogens with zero attached hydrogens (tertiary/aromatic N) is 2. The van der Waals surface area contributed by atoms with E-state index in [1.54, 1.807) is 0 Å². The van der Waals surface area contributed by atoms with Gasteiger partial charge in [-0.3, -0.25) is 9.36 Å². The van der Waals surface area contributed by atoms with E-state index in [1.165, 1.54) is 28.3 Å². The van der Waals surface area contributed by atoms with E-state index < -0.39 is 5.97 Å². The molecule has 0 amide bonds. The summed E-state index contributed by atoms with van der Waals surface area (Å²) in [6, 6.07) is 1.40. The molecule has 0 radical (unpaired) electrons. The Hall–Kier alpha value is -2.41. The highest BCUT2D eigenvalue weighted by Crippen LogP contribution is 2.19. The van der Waals surface area contributed by atoms with Gasteiger partial charge in [0.1, 0.15) is 16.7 Å². The Bertz CT molecular complexity index is 859. The van der Waals surface area contributed by atoms with Crippen molar-refractivity contribution < 1.29 is 14.3 Å². The van der Waals surface area contributed by atoms with Crippen LogP contribution in [-0.2, 0) is 6.54 Å². The first-order valence-electron chi connectivity index (χ1n) is 5.80. The Kier molecular flexibility index (Phi) is 2.90. The van der Waals surface area contributed by atoms with Crippen LogP contribution in [0.4, 0.5) is 0 Å². The monoisotopic (exact) mass is 290 g/mol. The van der Waals surface area contributed by atoms with Crippen LogP contribution in [-0.4, -0.2) is 20.6 Å². The molecule has 0 aliphatic carbocycles.